The number of carbonyl (C=O) groups is 1. The van der Waals surface area contributed by atoms with Crippen LogP contribution in [-0.2, 0) is 16.1 Å². The van der Waals surface area contributed by atoms with Crippen molar-refractivity contribution in [3.8, 4) is 0 Å². The maximum absolute atomic E-state index is 11.5. The highest BCUT2D eigenvalue weighted by molar-refractivity contribution is 7.09. The lowest BCUT2D eigenvalue weighted by Crippen LogP contribution is -2.33. The van der Waals surface area contributed by atoms with Crippen molar-refractivity contribution in [3.05, 3.63) is 22.4 Å². The maximum atomic E-state index is 11.5. The molecule has 0 spiro atoms. The first-order chi connectivity index (χ1) is 8.29. The van der Waals surface area contributed by atoms with E-state index >= 15 is 0 Å². The molecule has 1 unspecified atom stereocenters. The Kier molecular flexibility index (Phi) is 4.57. The molecular formula is C13H19NO2S. The quantitative estimate of drug-likeness (QED) is 0.759. The molecule has 94 valence electrons. The van der Waals surface area contributed by atoms with Crippen LogP contribution in [0.15, 0.2) is 17.5 Å². The Hall–Kier alpha value is -0.870. The van der Waals surface area contributed by atoms with Gasteiger partial charge in [0.05, 0.1) is 13.0 Å². The summed E-state index contributed by atoms with van der Waals surface area (Å²) < 4.78 is 5.01. The van der Waals surface area contributed by atoms with Crippen molar-refractivity contribution >= 4 is 17.3 Å². The van der Waals surface area contributed by atoms with Gasteiger partial charge >= 0.3 is 5.97 Å². The van der Waals surface area contributed by atoms with Gasteiger partial charge in [0.25, 0.3) is 0 Å². The normalized spacial score (nSPS) is 16.8. The molecule has 3 nitrogen and oxygen atoms in total. The zero-order chi connectivity index (χ0) is 12.1. The number of hydrogen-bond donors (Lipinski definition) is 1. The predicted octanol–water partition coefficient (Wildman–Crippen LogP) is 2.57. The summed E-state index contributed by atoms with van der Waals surface area (Å²) in [4.78, 5) is 12.8. The van der Waals surface area contributed by atoms with Crippen LogP contribution in [0.4, 0.5) is 0 Å². The first kappa shape index (κ1) is 12.6. The molecule has 17 heavy (non-hydrogen) atoms. The van der Waals surface area contributed by atoms with E-state index in [1.165, 1.54) is 17.7 Å². The highest BCUT2D eigenvalue weighted by atomic mass is 32.1. The molecule has 1 aromatic rings. The van der Waals surface area contributed by atoms with Crippen molar-refractivity contribution in [2.24, 2.45) is 5.92 Å². The van der Waals surface area contributed by atoms with Gasteiger partial charge in [-0.1, -0.05) is 6.07 Å². The van der Waals surface area contributed by atoms with E-state index in [1.54, 1.807) is 11.3 Å². The van der Waals surface area contributed by atoms with Crippen LogP contribution in [0.5, 0.6) is 0 Å². The first-order valence-electron chi connectivity index (χ1n) is 6.21. The van der Waals surface area contributed by atoms with Gasteiger partial charge < -0.3 is 10.1 Å². The van der Waals surface area contributed by atoms with Crippen LogP contribution < -0.4 is 5.32 Å². The van der Waals surface area contributed by atoms with Crippen LogP contribution in [0.3, 0.4) is 0 Å². The fourth-order valence-electron chi connectivity index (χ4n) is 1.95. The molecule has 4 heteroatoms. The molecule has 1 fully saturated rings. The highest BCUT2D eigenvalue weighted by Gasteiger charge is 2.32. The first-order valence-corrected chi connectivity index (χ1v) is 7.09. The second-order valence-electron chi connectivity index (χ2n) is 4.41. The molecule has 0 bridgehead atoms. The van der Waals surface area contributed by atoms with Gasteiger partial charge in [-0.25, -0.2) is 0 Å². The summed E-state index contributed by atoms with van der Waals surface area (Å²) in [5.74, 6) is 0.586. The summed E-state index contributed by atoms with van der Waals surface area (Å²) in [6, 6.07) is 4.46. The summed E-state index contributed by atoms with van der Waals surface area (Å²) in [7, 11) is 0. The summed E-state index contributed by atoms with van der Waals surface area (Å²) in [6.45, 7) is 3.18. The minimum atomic E-state index is -0.0805. The monoisotopic (exact) mass is 253 g/mol. The van der Waals surface area contributed by atoms with E-state index in [0.29, 0.717) is 18.9 Å². The second-order valence-corrected chi connectivity index (χ2v) is 5.45. The van der Waals surface area contributed by atoms with Crippen molar-refractivity contribution < 1.29 is 9.53 Å². The van der Waals surface area contributed by atoms with E-state index in [1.807, 2.05) is 6.92 Å². The molecule has 1 aliphatic carbocycles. The topological polar surface area (TPSA) is 38.3 Å². The molecular weight excluding hydrogens is 234 g/mol. The number of esters is 1. The second kappa shape index (κ2) is 6.17. The van der Waals surface area contributed by atoms with E-state index in [4.69, 9.17) is 4.74 Å². The average molecular weight is 253 g/mol. The molecule has 1 aromatic heterocycles. The van der Waals surface area contributed by atoms with E-state index in [9.17, 15) is 4.79 Å². The van der Waals surface area contributed by atoms with E-state index in [2.05, 4.69) is 22.8 Å². The molecule has 2 rings (SSSR count). The van der Waals surface area contributed by atoms with Gasteiger partial charge in [0, 0.05) is 17.5 Å². The van der Waals surface area contributed by atoms with Crippen LogP contribution in [-0.4, -0.2) is 18.6 Å². The molecule has 1 saturated carbocycles. The van der Waals surface area contributed by atoms with E-state index in [0.717, 1.165) is 6.54 Å². The van der Waals surface area contributed by atoms with Gasteiger partial charge in [0.1, 0.15) is 0 Å². The minimum absolute atomic E-state index is 0.0805. The Balaban J connectivity index is 1.78. The van der Waals surface area contributed by atoms with Crippen LogP contribution in [0, 0.1) is 5.92 Å². The van der Waals surface area contributed by atoms with Crippen molar-refractivity contribution in [1.29, 1.82) is 0 Å². The van der Waals surface area contributed by atoms with E-state index in [-0.39, 0.29) is 12.0 Å². The van der Waals surface area contributed by atoms with Crippen LogP contribution >= 0.6 is 11.3 Å². The number of ether oxygens (including phenoxy) is 1. The van der Waals surface area contributed by atoms with Crippen LogP contribution in [0.1, 0.15) is 31.1 Å². The Labute approximate surface area is 106 Å². The number of hydrogen-bond acceptors (Lipinski definition) is 4. The van der Waals surface area contributed by atoms with Crippen molar-refractivity contribution in [2.45, 2.75) is 38.8 Å². The zero-order valence-corrected chi connectivity index (χ0v) is 11.0. The molecule has 1 heterocycles. The maximum Gasteiger partial charge on any atom is 0.307 e. The van der Waals surface area contributed by atoms with Gasteiger partial charge in [-0.3, -0.25) is 4.79 Å². The SMILES string of the molecule is CCOC(=O)CC(NCc1cccs1)C1CC1. The van der Waals surface area contributed by atoms with Crippen molar-refractivity contribution in [3.63, 3.8) is 0 Å². The molecule has 0 aliphatic heterocycles. The molecule has 1 aliphatic rings. The van der Waals surface area contributed by atoms with Crippen LogP contribution in [0.25, 0.3) is 0 Å². The molecule has 0 saturated heterocycles. The smallest absolute Gasteiger partial charge is 0.307 e. The Morgan fingerprint density at radius 1 is 1.65 bits per heavy atom. The summed E-state index contributed by atoms with van der Waals surface area (Å²) in [5, 5.41) is 5.56. The third-order valence-corrected chi connectivity index (χ3v) is 3.88. The number of nitrogens with one attached hydrogen (secondary N) is 1. The van der Waals surface area contributed by atoms with Gasteiger partial charge in [-0.05, 0) is 37.1 Å². The van der Waals surface area contributed by atoms with Crippen molar-refractivity contribution in [2.75, 3.05) is 6.61 Å². The van der Waals surface area contributed by atoms with Gasteiger partial charge in [-0.15, -0.1) is 11.3 Å². The zero-order valence-electron chi connectivity index (χ0n) is 10.1. The third-order valence-electron chi connectivity index (χ3n) is 3.00. The lowest BCUT2D eigenvalue weighted by atomic mass is 10.1. The number of rotatable bonds is 7. The average Bonchev–Trinajstić information content (AvgIpc) is 3.02. The van der Waals surface area contributed by atoms with Crippen molar-refractivity contribution in [1.82, 2.24) is 5.32 Å². The molecule has 1 atom stereocenters. The van der Waals surface area contributed by atoms with Gasteiger partial charge in [-0.2, -0.15) is 0 Å². The fraction of sp³-hybridized carbons (Fsp3) is 0.615. The predicted molar refractivity (Wildman–Crippen MR) is 68.9 cm³/mol. The van der Waals surface area contributed by atoms with Gasteiger partial charge in [0.2, 0.25) is 0 Å². The largest absolute Gasteiger partial charge is 0.466 e. The lowest BCUT2D eigenvalue weighted by Gasteiger charge is -2.16. The van der Waals surface area contributed by atoms with Gasteiger partial charge in [0.15, 0.2) is 0 Å². The molecule has 0 radical (unpaired) electrons. The van der Waals surface area contributed by atoms with E-state index < -0.39 is 0 Å². The summed E-state index contributed by atoms with van der Waals surface area (Å²) in [6.07, 6.45) is 2.98. The molecule has 0 aromatic carbocycles. The molecule has 0 amide bonds. The summed E-state index contributed by atoms with van der Waals surface area (Å²) >= 11 is 1.75. The third kappa shape index (κ3) is 4.13. The number of carbonyl (C=O) groups excluding carboxylic acids is 1. The lowest BCUT2D eigenvalue weighted by molar-refractivity contribution is -0.143. The Morgan fingerprint density at radius 2 is 2.47 bits per heavy atom. The van der Waals surface area contributed by atoms with Crippen LogP contribution in [0.2, 0.25) is 0 Å². The Bertz CT molecular complexity index is 346. The minimum Gasteiger partial charge on any atom is -0.466 e. The Morgan fingerprint density at radius 3 is 3.06 bits per heavy atom. The standard InChI is InChI=1S/C13H19NO2S/c1-2-16-13(15)8-12(10-5-6-10)14-9-11-4-3-7-17-11/h3-4,7,10,12,14H,2,5-6,8-9H2,1H3. The highest BCUT2D eigenvalue weighted by Crippen LogP contribution is 2.34. The fourth-order valence-corrected chi connectivity index (χ4v) is 2.60. The molecule has 1 N–H and O–H groups in total. The summed E-state index contributed by atoms with van der Waals surface area (Å²) in [5.41, 5.74) is 0. The number of thiophene rings is 1.